The number of nitrogens with zero attached hydrogens (tertiary/aromatic N) is 4. The van der Waals surface area contributed by atoms with Crippen molar-refractivity contribution in [3.8, 4) is 6.07 Å². The van der Waals surface area contributed by atoms with Gasteiger partial charge in [0, 0.05) is 6.54 Å². The van der Waals surface area contributed by atoms with Gasteiger partial charge in [-0.05, 0) is 32.9 Å². The number of nitrogen functional groups attached to an aromatic ring is 1. The Labute approximate surface area is 184 Å². The molecule has 0 aromatic carbocycles. The first-order chi connectivity index (χ1) is 15.1. The lowest BCUT2D eigenvalue weighted by atomic mass is 9.96. The van der Waals surface area contributed by atoms with Crippen LogP contribution in [0.2, 0.25) is 0 Å². The van der Waals surface area contributed by atoms with E-state index >= 15 is 0 Å². The Hall–Kier alpha value is -2.82. The summed E-state index contributed by atoms with van der Waals surface area (Å²) < 4.78 is 17.8. The molecular formula is C20H28N6O6. The Morgan fingerprint density at radius 3 is 2.88 bits per heavy atom. The second kappa shape index (κ2) is 9.35. The van der Waals surface area contributed by atoms with Crippen LogP contribution in [0.1, 0.15) is 32.6 Å². The highest BCUT2D eigenvalue weighted by Crippen LogP contribution is 2.40. The molecule has 3 rings (SSSR count). The highest BCUT2D eigenvalue weighted by Gasteiger charge is 2.56. The number of ether oxygens (including phenoxy) is 3. The van der Waals surface area contributed by atoms with E-state index in [9.17, 15) is 20.3 Å². The summed E-state index contributed by atoms with van der Waals surface area (Å²) in [6, 6.07) is 5.22. The topological polar surface area (TPSA) is 177 Å². The van der Waals surface area contributed by atoms with Crippen LogP contribution in [0.5, 0.6) is 0 Å². The van der Waals surface area contributed by atoms with Crippen LogP contribution < -0.4 is 11.1 Å². The molecule has 174 valence electrons. The molecule has 0 amide bonds. The van der Waals surface area contributed by atoms with Gasteiger partial charge in [-0.1, -0.05) is 0 Å². The first-order valence-electron chi connectivity index (χ1n) is 10.1. The van der Waals surface area contributed by atoms with Gasteiger partial charge in [0.1, 0.15) is 42.8 Å². The Kier molecular flexibility index (Phi) is 6.97. The van der Waals surface area contributed by atoms with Gasteiger partial charge in [0.05, 0.1) is 24.4 Å². The molecule has 1 aliphatic rings. The SMILES string of the molecule is CC(C)(C)C(=O)OCCNCOC[C@@]1(C#N)O[C@@H](c2ccc3c(N)ncnn23)[C@H](O)[C@@H]1O. The molecular weight excluding hydrogens is 420 g/mol. The third kappa shape index (κ3) is 4.67. The zero-order chi connectivity index (χ0) is 23.5. The highest BCUT2D eigenvalue weighted by atomic mass is 16.6. The van der Waals surface area contributed by atoms with Crippen LogP contribution in [-0.2, 0) is 19.0 Å². The van der Waals surface area contributed by atoms with Crippen LogP contribution in [0.25, 0.3) is 5.52 Å². The van der Waals surface area contributed by atoms with Crippen LogP contribution in [0.3, 0.4) is 0 Å². The average molecular weight is 448 g/mol. The van der Waals surface area contributed by atoms with Crippen LogP contribution in [0, 0.1) is 16.7 Å². The molecule has 12 heteroatoms. The van der Waals surface area contributed by atoms with Crippen molar-refractivity contribution in [3.05, 3.63) is 24.2 Å². The number of aliphatic hydroxyl groups excluding tert-OH is 2. The summed E-state index contributed by atoms with van der Waals surface area (Å²) in [7, 11) is 0. The third-order valence-electron chi connectivity index (χ3n) is 5.09. The fourth-order valence-corrected chi connectivity index (χ4v) is 3.25. The largest absolute Gasteiger partial charge is 0.464 e. The van der Waals surface area contributed by atoms with Gasteiger partial charge >= 0.3 is 5.97 Å². The Bertz CT molecular complexity index is 999. The van der Waals surface area contributed by atoms with Crippen LogP contribution in [-0.4, -0.2) is 75.1 Å². The Morgan fingerprint density at radius 1 is 1.44 bits per heavy atom. The van der Waals surface area contributed by atoms with Gasteiger partial charge in [0.15, 0.2) is 5.82 Å². The number of esters is 1. The first-order valence-corrected chi connectivity index (χ1v) is 10.1. The molecule has 3 heterocycles. The number of nitriles is 1. The van der Waals surface area contributed by atoms with Gasteiger partial charge < -0.3 is 30.2 Å². The summed E-state index contributed by atoms with van der Waals surface area (Å²) in [5.41, 5.74) is 4.39. The van der Waals surface area contributed by atoms with E-state index in [2.05, 4.69) is 15.4 Å². The number of rotatable bonds is 8. The molecule has 1 aliphatic heterocycles. The standard InChI is InChI=1S/C20H28N6O6/c1-19(2,3)18(29)31-7-6-23-11-30-9-20(8-21)16(28)14(27)15(32-20)12-4-5-13-17(22)24-10-25-26(12)13/h4-5,10,14-16,23,27-28H,6-7,9,11H2,1-3H3,(H2,22,24,25)/t14-,15-,16-,20+/m0/s1. The summed E-state index contributed by atoms with van der Waals surface area (Å²) >= 11 is 0. The monoisotopic (exact) mass is 448 g/mol. The third-order valence-corrected chi connectivity index (χ3v) is 5.09. The number of hydrogen-bond acceptors (Lipinski definition) is 11. The Balaban J connectivity index is 1.56. The van der Waals surface area contributed by atoms with E-state index in [0.29, 0.717) is 17.8 Å². The van der Waals surface area contributed by atoms with Gasteiger partial charge in [-0.2, -0.15) is 10.4 Å². The van der Waals surface area contributed by atoms with Crippen molar-refractivity contribution < 1.29 is 29.2 Å². The molecule has 12 nitrogen and oxygen atoms in total. The van der Waals surface area contributed by atoms with Crippen molar-refractivity contribution in [2.24, 2.45) is 5.41 Å². The Morgan fingerprint density at radius 2 is 2.19 bits per heavy atom. The molecule has 0 bridgehead atoms. The minimum Gasteiger partial charge on any atom is -0.464 e. The predicted octanol–water partition coefficient (Wildman–Crippen LogP) is -0.480. The first kappa shape index (κ1) is 23.8. The molecule has 32 heavy (non-hydrogen) atoms. The highest BCUT2D eigenvalue weighted by molar-refractivity contribution is 5.75. The number of anilines is 1. The fourth-order valence-electron chi connectivity index (χ4n) is 3.25. The van der Waals surface area contributed by atoms with Crippen LogP contribution in [0.15, 0.2) is 18.5 Å². The van der Waals surface area contributed by atoms with Crippen molar-refractivity contribution in [2.75, 3.05) is 32.2 Å². The maximum absolute atomic E-state index is 11.7. The summed E-state index contributed by atoms with van der Waals surface area (Å²) in [5, 5.41) is 37.9. The predicted molar refractivity (Wildman–Crippen MR) is 111 cm³/mol. The quantitative estimate of drug-likeness (QED) is 0.233. The smallest absolute Gasteiger partial charge is 0.311 e. The minimum absolute atomic E-state index is 0.0190. The molecule has 2 aromatic rings. The molecule has 5 N–H and O–H groups in total. The van der Waals surface area contributed by atoms with Gasteiger partial charge in [-0.25, -0.2) is 9.50 Å². The van der Waals surface area contributed by atoms with Crippen molar-refractivity contribution in [3.63, 3.8) is 0 Å². The second-order valence-electron chi connectivity index (χ2n) is 8.55. The summed E-state index contributed by atoms with van der Waals surface area (Å²) in [5.74, 6) is -0.0653. The number of aliphatic hydroxyl groups is 2. The van der Waals surface area contributed by atoms with Crippen molar-refractivity contribution in [2.45, 2.75) is 44.7 Å². The summed E-state index contributed by atoms with van der Waals surface area (Å²) in [4.78, 5) is 15.6. The fraction of sp³-hybridized carbons (Fsp3) is 0.600. The van der Waals surface area contributed by atoms with Crippen LogP contribution in [0.4, 0.5) is 5.82 Å². The van der Waals surface area contributed by atoms with E-state index in [1.165, 1.54) is 10.8 Å². The maximum Gasteiger partial charge on any atom is 0.311 e. The molecule has 1 fully saturated rings. The normalized spacial score (nSPS) is 25.7. The van der Waals surface area contributed by atoms with E-state index in [0.717, 1.165) is 0 Å². The number of nitrogens with two attached hydrogens (primary N) is 1. The molecule has 4 atom stereocenters. The number of fused-ring (bicyclic) bond motifs is 1. The van der Waals surface area contributed by atoms with E-state index in [4.69, 9.17) is 19.9 Å². The van der Waals surface area contributed by atoms with Crippen LogP contribution >= 0.6 is 0 Å². The minimum atomic E-state index is -1.78. The van der Waals surface area contributed by atoms with E-state index in [1.807, 2.05) is 6.07 Å². The van der Waals surface area contributed by atoms with Crippen molar-refractivity contribution in [1.82, 2.24) is 19.9 Å². The van der Waals surface area contributed by atoms with Crippen molar-refractivity contribution >= 4 is 17.3 Å². The zero-order valence-electron chi connectivity index (χ0n) is 18.2. The van der Waals surface area contributed by atoms with Gasteiger partial charge in [-0.15, -0.1) is 0 Å². The molecule has 2 aromatic heterocycles. The van der Waals surface area contributed by atoms with Gasteiger partial charge in [0.2, 0.25) is 5.60 Å². The summed E-state index contributed by atoms with van der Waals surface area (Å²) in [6.45, 7) is 5.52. The molecule has 0 spiro atoms. The second-order valence-corrected chi connectivity index (χ2v) is 8.55. The van der Waals surface area contributed by atoms with Gasteiger partial charge in [0.25, 0.3) is 0 Å². The lowest BCUT2D eigenvalue weighted by molar-refractivity contribution is -0.152. The van der Waals surface area contributed by atoms with Crippen molar-refractivity contribution in [1.29, 1.82) is 5.26 Å². The number of hydrogen-bond donors (Lipinski definition) is 4. The molecule has 0 unspecified atom stereocenters. The average Bonchev–Trinajstić information content (AvgIpc) is 3.28. The number of aromatic nitrogens is 3. The molecule has 0 saturated carbocycles. The number of nitrogens with one attached hydrogen (secondary N) is 1. The number of carbonyl (C=O) groups excluding carboxylic acids is 1. The molecule has 0 radical (unpaired) electrons. The zero-order valence-corrected chi connectivity index (χ0v) is 18.2. The molecule has 1 saturated heterocycles. The van der Waals surface area contributed by atoms with E-state index < -0.39 is 29.3 Å². The summed E-state index contributed by atoms with van der Waals surface area (Å²) in [6.07, 6.45) is -2.68. The lowest BCUT2D eigenvalue weighted by Crippen LogP contribution is -2.46. The number of carbonyl (C=O) groups is 1. The van der Waals surface area contributed by atoms with Gasteiger partial charge in [-0.3, -0.25) is 10.1 Å². The molecule has 0 aliphatic carbocycles. The van der Waals surface area contributed by atoms with E-state index in [1.54, 1.807) is 32.9 Å². The van der Waals surface area contributed by atoms with E-state index in [-0.39, 0.29) is 31.7 Å². The lowest BCUT2D eigenvalue weighted by Gasteiger charge is -2.24. The maximum atomic E-state index is 11.7.